The van der Waals surface area contributed by atoms with Gasteiger partial charge in [-0.25, -0.2) is 19.0 Å². The van der Waals surface area contributed by atoms with E-state index in [0.717, 1.165) is 31.3 Å². The fourth-order valence-electron chi connectivity index (χ4n) is 3.67. The van der Waals surface area contributed by atoms with Crippen LogP contribution >= 0.6 is 0 Å². The van der Waals surface area contributed by atoms with E-state index in [1.807, 2.05) is 12.1 Å². The minimum Gasteiger partial charge on any atom is -0.610 e. The molecule has 2 N–H and O–H groups in total. The second kappa shape index (κ2) is 8.62. The minimum absolute atomic E-state index is 0.119. The molecule has 0 amide bonds. The predicted octanol–water partition coefficient (Wildman–Crippen LogP) is 3.56. The summed E-state index contributed by atoms with van der Waals surface area (Å²) in [6, 6.07) is 12.1. The monoisotopic (exact) mass is 436 g/mol. The van der Waals surface area contributed by atoms with Gasteiger partial charge in [0.05, 0.1) is 16.9 Å². The van der Waals surface area contributed by atoms with E-state index in [0.29, 0.717) is 27.7 Å². The van der Waals surface area contributed by atoms with Gasteiger partial charge in [0.15, 0.2) is 0 Å². The number of nitrogens with one attached hydrogen (secondary N) is 2. The molecular formula is C22H21FN6OS. The summed E-state index contributed by atoms with van der Waals surface area (Å²) >= 11 is -1.15. The summed E-state index contributed by atoms with van der Waals surface area (Å²) in [5, 5.41) is 11.9. The maximum Gasteiger partial charge on any atom is 0.245 e. The summed E-state index contributed by atoms with van der Waals surface area (Å²) in [4.78, 5) is 8.98. The second-order valence-electron chi connectivity index (χ2n) is 7.40. The molecule has 5 rings (SSSR count). The molecule has 1 aromatic carbocycles. The molecule has 9 heteroatoms. The molecular weight excluding hydrogens is 415 g/mol. The van der Waals surface area contributed by atoms with Crippen molar-refractivity contribution >= 4 is 33.6 Å². The average Bonchev–Trinajstić information content (AvgIpc) is 3.35. The van der Waals surface area contributed by atoms with Crippen LogP contribution in [0.2, 0.25) is 0 Å². The molecule has 3 aromatic heterocycles. The third-order valence-electron chi connectivity index (χ3n) is 5.33. The van der Waals surface area contributed by atoms with Crippen molar-refractivity contribution < 1.29 is 8.94 Å². The third-order valence-corrected chi connectivity index (χ3v) is 7.04. The van der Waals surface area contributed by atoms with Gasteiger partial charge in [0.1, 0.15) is 16.9 Å². The Labute approximate surface area is 181 Å². The second-order valence-corrected chi connectivity index (χ2v) is 9.08. The molecule has 0 saturated carbocycles. The van der Waals surface area contributed by atoms with Crippen LogP contribution in [0, 0.1) is 5.82 Å². The average molecular weight is 437 g/mol. The van der Waals surface area contributed by atoms with E-state index in [2.05, 4.69) is 25.7 Å². The van der Waals surface area contributed by atoms with Crippen LogP contribution in [0.3, 0.4) is 0 Å². The van der Waals surface area contributed by atoms with E-state index >= 15 is 0 Å². The summed E-state index contributed by atoms with van der Waals surface area (Å²) in [6.45, 7) is 1.76. The van der Waals surface area contributed by atoms with Crippen LogP contribution in [-0.2, 0) is 11.2 Å². The zero-order valence-electron chi connectivity index (χ0n) is 16.7. The van der Waals surface area contributed by atoms with Crippen molar-refractivity contribution in [1.29, 1.82) is 0 Å². The SMILES string of the molecule is [O-][S@+](c1ccc2cnc(Nc3ccc(-n4cccn4)cc3F)cc2n1)C1CCNCC1. The normalized spacial score (nSPS) is 15.8. The summed E-state index contributed by atoms with van der Waals surface area (Å²) in [6.07, 6.45) is 6.83. The highest BCUT2D eigenvalue weighted by Gasteiger charge is 2.27. The van der Waals surface area contributed by atoms with Crippen LogP contribution in [0.5, 0.6) is 0 Å². The molecule has 0 bridgehead atoms. The first-order valence-corrected chi connectivity index (χ1v) is 11.3. The quantitative estimate of drug-likeness (QED) is 0.465. The Bertz CT molecular complexity index is 1200. The topological polar surface area (TPSA) is 90.7 Å². The summed E-state index contributed by atoms with van der Waals surface area (Å²) in [5.74, 6) is 0.0548. The molecule has 1 fully saturated rings. The molecule has 0 unspecified atom stereocenters. The zero-order valence-corrected chi connectivity index (χ0v) is 17.5. The lowest BCUT2D eigenvalue weighted by atomic mass is 10.2. The van der Waals surface area contributed by atoms with Gasteiger partial charge in [-0.1, -0.05) is 0 Å². The van der Waals surface area contributed by atoms with Crippen LogP contribution in [0.1, 0.15) is 12.8 Å². The van der Waals surface area contributed by atoms with Gasteiger partial charge in [-0.05, 0) is 37.4 Å². The summed E-state index contributed by atoms with van der Waals surface area (Å²) in [7, 11) is 0. The number of hydrogen-bond acceptors (Lipinski definition) is 6. The molecule has 0 radical (unpaired) electrons. The first-order valence-electron chi connectivity index (χ1n) is 10.1. The molecule has 0 aliphatic carbocycles. The molecule has 4 heterocycles. The van der Waals surface area contributed by atoms with Gasteiger partial charge in [0.2, 0.25) is 5.03 Å². The predicted molar refractivity (Wildman–Crippen MR) is 119 cm³/mol. The van der Waals surface area contributed by atoms with Gasteiger partial charge in [-0.15, -0.1) is 0 Å². The smallest absolute Gasteiger partial charge is 0.245 e. The van der Waals surface area contributed by atoms with Gasteiger partial charge >= 0.3 is 0 Å². The molecule has 7 nitrogen and oxygen atoms in total. The van der Waals surface area contributed by atoms with E-state index in [1.165, 1.54) is 6.07 Å². The number of fused-ring (bicyclic) bond motifs is 1. The molecule has 31 heavy (non-hydrogen) atoms. The number of rotatable bonds is 5. The minimum atomic E-state index is -1.15. The van der Waals surface area contributed by atoms with Gasteiger partial charge < -0.3 is 15.2 Å². The molecule has 1 saturated heterocycles. The highest BCUT2D eigenvalue weighted by molar-refractivity contribution is 7.92. The van der Waals surface area contributed by atoms with Crippen molar-refractivity contribution in [1.82, 2.24) is 25.1 Å². The molecule has 1 atom stereocenters. The number of anilines is 2. The number of hydrogen-bond donors (Lipinski definition) is 2. The van der Waals surface area contributed by atoms with E-state index in [1.54, 1.807) is 47.5 Å². The van der Waals surface area contributed by atoms with E-state index < -0.39 is 17.0 Å². The van der Waals surface area contributed by atoms with Crippen molar-refractivity contribution in [2.24, 2.45) is 0 Å². The highest BCUT2D eigenvalue weighted by atomic mass is 32.2. The molecule has 4 aromatic rings. The largest absolute Gasteiger partial charge is 0.610 e. The number of pyridine rings is 2. The van der Waals surface area contributed by atoms with Gasteiger partial charge in [-0.2, -0.15) is 5.10 Å². The zero-order chi connectivity index (χ0) is 21.2. The lowest BCUT2D eigenvalue weighted by Gasteiger charge is -2.24. The Morgan fingerprint density at radius 2 is 2.03 bits per heavy atom. The maximum absolute atomic E-state index is 14.6. The third kappa shape index (κ3) is 4.25. The fourth-order valence-corrected chi connectivity index (χ4v) is 5.06. The van der Waals surface area contributed by atoms with Crippen LogP contribution in [0.25, 0.3) is 16.6 Å². The Kier molecular flexibility index (Phi) is 5.54. The lowest BCUT2D eigenvalue weighted by Crippen LogP contribution is -2.36. The van der Waals surface area contributed by atoms with Crippen LogP contribution in [0.15, 0.2) is 66.1 Å². The Hall–Kier alpha value is -3.01. The van der Waals surface area contributed by atoms with E-state index in [9.17, 15) is 8.94 Å². The van der Waals surface area contributed by atoms with Crippen LogP contribution < -0.4 is 10.6 Å². The van der Waals surface area contributed by atoms with Crippen molar-refractivity contribution in [2.75, 3.05) is 18.4 Å². The first-order chi connectivity index (χ1) is 15.2. The molecule has 1 aliphatic rings. The summed E-state index contributed by atoms with van der Waals surface area (Å²) in [5.41, 5.74) is 1.61. The van der Waals surface area contributed by atoms with E-state index in [4.69, 9.17) is 0 Å². The van der Waals surface area contributed by atoms with Crippen molar-refractivity contribution in [2.45, 2.75) is 23.1 Å². The fraction of sp³-hybridized carbons (Fsp3) is 0.227. The number of halogens is 1. The highest BCUT2D eigenvalue weighted by Crippen LogP contribution is 2.26. The van der Waals surface area contributed by atoms with Crippen molar-refractivity contribution in [3.05, 3.63) is 66.9 Å². The number of nitrogens with zero attached hydrogens (tertiary/aromatic N) is 4. The van der Waals surface area contributed by atoms with Crippen molar-refractivity contribution in [3.8, 4) is 5.69 Å². The molecule has 0 spiro atoms. The Morgan fingerprint density at radius 3 is 2.81 bits per heavy atom. The standard InChI is InChI=1S/C22H21FN6OS/c23-18-12-16(29-11-1-8-26-29)3-4-19(18)27-21-13-20-15(14-25-21)2-5-22(28-20)31(30)17-6-9-24-10-7-17/h1-5,8,11-14,17,24H,6-7,9-10H2,(H,25,27)/t31-/m0/s1. The molecule has 158 valence electrons. The first kappa shape index (κ1) is 19.9. The Balaban J connectivity index is 1.39. The Morgan fingerprint density at radius 1 is 1.16 bits per heavy atom. The maximum atomic E-state index is 14.6. The van der Waals surface area contributed by atoms with Crippen molar-refractivity contribution in [3.63, 3.8) is 0 Å². The van der Waals surface area contributed by atoms with Crippen LogP contribution in [0.4, 0.5) is 15.9 Å². The van der Waals surface area contributed by atoms with Gasteiger partial charge in [-0.3, -0.25) is 0 Å². The van der Waals surface area contributed by atoms with Crippen LogP contribution in [-0.4, -0.2) is 42.6 Å². The number of aromatic nitrogens is 4. The summed E-state index contributed by atoms with van der Waals surface area (Å²) < 4.78 is 29.1. The van der Waals surface area contributed by atoms with Gasteiger partial charge in [0.25, 0.3) is 0 Å². The number of piperidine rings is 1. The molecule has 1 aliphatic heterocycles. The lowest BCUT2D eigenvalue weighted by molar-refractivity contribution is 0.494. The number of benzene rings is 1. The van der Waals surface area contributed by atoms with Gasteiger partial charge in [0, 0.05) is 66.2 Å². The van der Waals surface area contributed by atoms with E-state index in [-0.39, 0.29) is 5.25 Å².